The molecule has 1 heterocycles. The molecule has 0 spiro atoms. The second kappa shape index (κ2) is 6.06. The Morgan fingerprint density at radius 3 is 2.68 bits per heavy atom. The Labute approximate surface area is 150 Å². The van der Waals surface area contributed by atoms with Crippen LogP contribution in [-0.4, -0.2) is 29.7 Å². The fourth-order valence-electron chi connectivity index (χ4n) is 4.86. The number of aromatic hydroxyl groups is 1. The van der Waals surface area contributed by atoms with Crippen molar-refractivity contribution in [3.8, 4) is 11.5 Å². The molecule has 3 nitrogen and oxygen atoms in total. The van der Waals surface area contributed by atoms with Crippen LogP contribution in [0, 0.1) is 5.92 Å². The van der Waals surface area contributed by atoms with Crippen molar-refractivity contribution >= 4 is 0 Å². The van der Waals surface area contributed by atoms with Gasteiger partial charge >= 0.3 is 0 Å². The van der Waals surface area contributed by atoms with E-state index in [-0.39, 0.29) is 5.41 Å². The molecule has 1 fully saturated rings. The molecule has 0 radical (unpaired) electrons. The van der Waals surface area contributed by atoms with Gasteiger partial charge in [0, 0.05) is 12.6 Å². The van der Waals surface area contributed by atoms with Crippen molar-refractivity contribution in [2.24, 2.45) is 5.92 Å². The molecule has 1 N–H and O–H groups in total. The third-order valence-corrected chi connectivity index (χ3v) is 6.65. The first kappa shape index (κ1) is 16.5. The second-order valence-electron chi connectivity index (χ2n) is 7.89. The molecule has 2 aromatic carbocycles. The first-order chi connectivity index (χ1) is 12.0. The Kier molecular flexibility index (Phi) is 3.99. The van der Waals surface area contributed by atoms with E-state index in [1.54, 1.807) is 7.11 Å². The minimum Gasteiger partial charge on any atom is -0.508 e. The van der Waals surface area contributed by atoms with E-state index in [2.05, 4.69) is 36.9 Å². The number of fused-ring (bicyclic) bond motifs is 4. The van der Waals surface area contributed by atoms with Crippen LogP contribution in [0.15, 0.2) is 42.5 Å². The highest BCUT2D eigenvalue weighted by atomic mass is 16.5. The van der Waals surface area contributed by atoms with E-state index in [9.17, 15) is 5.11 Å². The molecule has 1 aliphatic heterocycles. The van der Waals surface area contributed by atoms with Gasteiger partial charge in [-0.1, -0.05) is 32.0 Å². The lowest BCUT2D eigenvalue weighted by Gasteiger charge is -2.54. The van der Waals surface area contributed by atoms with Crippen molar-refractivity contribution in [1.29, 1.82) is 0 Å². The summed E-state index contributed by atoms with van der Waals surface area (Å²) in [7, 11) is 1.71. The number of likely N-dealkylation sites (tertiary alicyclic amines) is 1. The quantitative estimate of drug-likeness (QED) is 0.914. The SMILES string of the molecule is COc1ccc(CN2CC[C@]3(C)c4cc(O)ccc4C[C@H]2[C@H]3C)cc1. The van der Waals surface area contributed by atoms with Crippen LogP contribution in [0.5, 0.6) is 11.5 Å². The monoisotopic (exact) mass is 337 g/mol. The Morgan fingerprint density at radius 1 is 1.20 bits per heavy atom. The Bertz CT molecular complexity index is 770. The molecule has 0 saturated carbocycles. The van der Waals surface area contributed by atoms with Crippen molar-refractivity contribution in [2.45, 2.75) is 44.7 Å². The molecule has 2 bridgehead atoms. The van der Waals surface area contributed by atoms with E-state index in [4.69, 9.17) is 4.74 Å². The van der Waals surface area contributed by atoms with Gasteiger partial charge in [0.2, 0.25) is 0 Å². The van der Waals surface area contributed by atoms with Gasteiger partial charge in [0.05, 0.1) is 7.11 Å². The topological polar surface area (TPSA) is 32.7 Å². The summed E-state index contributed by atoms with van der Waals surface area (Å²) in [5, 5.41) is 9.96. The van der Waals surface area contributed by atoms with Crippen molar-refractivity contribution in [3.63, 3.8) is 0 Å². The summed E-state index contributed by atoms with van der Waals surface area (Å²) in [6, 6.07) is 15.0. The number of rotatable bonds is 3. The molecular weight excluding hydrogens is 310 g/mol. The van der Waals surface area contributed by atoms with E-state index in [1.807, 2.05) is 24.3 Å². The summed E-state index contributed by atoms with van der Waals surface area (Å²) < 4.78 is 5.27. The van der Waals surface area contributed by atoms with Gasteiger partial charge < -0.3 is 9.84 Å². The maximum absolute atomic E-state index is 9.96. The van der Waals surface area contributed by atoms with E-state index in [1.165, 1.54) is 16.7 Å². The van der Waals surface area contributed by atoms with Crippen LogP contribution in [0.4, 0.5) is 0 Å². The van der Waals surface area contributed by atoms with Crippen LogP contribution < -0.4 is 4.74 Å². The van der Waals surface area contributed by atoms with Crippen LogP contribution in [-0.2, 0) is 18.4 Å². The Balaban J connectivity index is 1.61. The maximum atomic E-state index is 9.96. The highest BCUT2D eigenvalue weighted by Crippen LogP contribution is 2.49. The number of nitrogens with zero attached hydrogens (tertiary/aromatic N) is 1. The first-order valence-corrected chi connectivity index (χ1v) is 9.20. The largest absolute Gasteiger partial charge is 0.508 e. The van der Waals surface area contributed by atoms with Crippen molar-refractivity contribution in [3.05, 3.63) is 59.2 Å². The third-order valence-electron chi connectivity index (χ3n) is 6.65. The number of phenolic OH excluding ortho intramolecular Hbond substituents is 1. The lowest BCUT2D eigenvalue weighted by atomic mass is 9.59. The van der Waals surface area contributed by atoms with E-state index < -0.39 is 0 Å². The van der Waals surface area contributed by atoms with Gasteiger partial charge in [0.15, 0.2) is 0 Å². The number of hydrogen-bond donors (Lipinski definition) is 1. The van der Waals surface area contributed by atoms with Crippen molar-refractivity contribution in [2.75, 3.05) is 13.7 Å². The second-order valence-corrected chi connectivity index (χ2v) is 7.89. The average Bonchev–Trinajstić information content (AvgIpc) is 2.62. The summed E-state index contributed by atoms with van der Waals surface area (Å²) in [6.07, 6.45) is 2.21. The van der Waals surface area contributed by atoms with E-state index >= 15 is 0 Å². The minimum absolute atomic E-state index is 0.160. The molecule has 3 atom stereocenters. The molecule has 1 saturated heterocycles. The van der Waals surface area contributed by atoms with Gasteiger partial charge in [-0.2, -0.15) is 0 Å². The van der Waals surface area contributed by atoms with Gasteiger partial charge in [-0.15, -0.1) is 0 Å². The molecule has 2 aromatic rings. The Morgan fingerprint density at radius 2 is 1.96 bits per heavy atom. The predicted molar refractivity (Wildman–Crippen MR) is 100 cm³/mol. The Hall–Kier alpha value is -2.00. The standard InChI is InChI=1S/C22H27NO2/c1-15-21-12-17-6-7-18(24)13-20(17)22(15,2)10-11-23(21)14-16-4-8-19(25-3)9-5-16/h4-9,13,15,21,24H,10-12,14H2,1-3H3/t15-,21+,22+/m1/s1. The number of ether oxygens (including phenoxy) is 1. The van der Waals surface area contributed by atoms with Gasteiger partial charge in [0.25, 0.3) is 0 Å². The zero-order valence-electron chi connectivity index (χ0n) is 15.3. The molecule has 132 valence electrons. The summed E-state index contributed by atoms with van der Waals surface area (Å²) >= 11 is 0. The molecular formula is C22H27NO2. The fourth-order valence-corrected chi connectivity index (χ4v) is 4.86. The van der Waals surface area contributed by atoms with Gasteiger partial charge in [0.1, 0.15) is 11.5 Å². The number of methoxy groups -OCH3 is 1. The van der Waals surface area contributed by atoms with Crippen LogP contribution in [0.2, 0.25) is 0 Å². The number of phenols is 1. The van der Waals surface area contributed by atoms with E-state index in [0.717, 1.165) is 31.7 Å². The smallest absolute Gasteiger partial charge is 0.118 e. The van der Waals surface area contributed by atoms with Crippen molar-refractivity contribution < 1.29 is 9.84 Å². The van der Waals surface area contributed by atoms with Gasteiger partial charge in [-0.3, -0.25) is 4.90 Å². The summed E-state index contributed by atoms with van der Waals surface area (Å²) in [4.78, 5) is 2.64. The van der Waals surface area contributed by atoms with Crippen LogP contribution in [0.3, 0.4) is 0 Å². The number of benzene rings is 2. The van der Waals surface area contributed by atoms with Gasteiger partial charge in [-0.25, -0.2) is 0 Å². The zero-order valence-corrected chi connectivity index (χ0v) is 15.3. The molecule has 2 aliphatic rings. The highest BCUT2D eigenvalue weighted by Gasteiger charge is 2.48. The van der Waals surface area contributed by atoms with Crippen molar-refractivity contribution in [1.82, 2.24) is 4.90 Å². The molecule has 0 unspecified atom stereocenters. The average molecular weight is 337 g/mol. The highest BCUT2D eigenvalue weighted by molar-refractivity contribution is 5.44. The predicted octanol–water partition coefficient (Wildman–Crippen LogP) is 4.13. The molecule has 0 amide bonds. The summed E-state index contributed by atoms with van der Waals surface area (Å²) in [5.41, 5.74) is 4.27. The van der Waals surface area contributed by atoms with Crippen LogP contribution in [0.25, 0.3) is 0 Å². The number of piperidine rings is 1. The maximum Gasteiger partial charge on any atom is 0.118 e. The molecule has 0 aromatic heterocycles. The zero-order chi connectivity index (χ0) is 17.6. The molecule has 3 heteroatoms. The molecule has 4 rings (SSSR count). The lowest BCUT2D eigenvalue weighted by Crippen LogP contribution is -2.57. The van der Waals surface area contributed by atoms with Crippen LogP contribution >= 0.6 is 0 Å². The lowest BCUT2D eigenvalue weighted by molar-refractivity contribution is 0.0258. The first-order valence-electron chi connectivity index (χ1n) is 9.20. The number of hydrogen-bond acceptors (Lipinski definition) is 3. The fraction of sp³-hybridized carbons (Fsp3) is 0.455. The van der Waals surface area contributed by atoms with E-state index in [0.29, 0.717) is 17.7 Å². The van der Waals surface area contributed by atoms with Gasteiger partial charge in [-0.05, 0) is 71.7 Å². The third kappa shape index (κ3) is 2.71. The molecule has 1 aliphatic carbocycles. The molecule has 25 heavy (non-hydrogen) atoms. The minimum atomic E-state index is 0.160. The van der Waals surface area contributed by atoms with Crippen LogP contribution in [0.1, 0.15) is 37.0 Å². The summed E-state index contributed by atoms with van der Waals surface area (Å²) in [5.74, 6) is 1.88. The summed E-state index contributed by atoms with van der Waals surface area (Å²) in [6.45, 7) is 6.86. The normalized spacial score (nSPS) is 28.4.